The molecule has 0 bridgehead atoms. The van der Waals surface area contributed by atoms with Gasteiger partial charge in [-0.2, -0.15) is 5.26 Å². The Morgan fingerprint density at radius 2 is 0.980 bits per heavy atom. The van der Waals surface area contributed by atoms with Crippen molar-refractivity contribution in [2.24, 2.45) is 0 Å². The molecule has 0 saturated heterocycles. The van der Waals surface area contributed by atoms with Crippen LogP contribution in [0, 0.1) is 16.7 Å². The van der Waals surface area contributed by atoms with Crippen LogP contribution < -0.4 is 0 Å². The lowest BCUT2D eigenvalue weighted by Gasteiger charge is -2.17. The highest BCUT2D eigenvalue weighted by atomic mass is 16.3. The van der Waals surface area contributed by atoms with Crippen molar-refractivity contribution in [2.45, 2.75) is 0 Å². The van der Waals surface area contributed by atoms with E-state index in [0.717, 1.165) is 98.9 Å². The fourth-order valence-corrected chi connectivity index (χ4v) is 8.17. The van der Waals surface area contributed by atoms with Crippen LogP contribution in [0.3, 0.4) is 0 Å². The normalized spacial score (nSPS) is 12.1. The van der Waals surface area contributed by atoms with Gasteiger partial charge in [-0.15, -0.1) is 0 Å². The van der Waals surface area contributed by atoms with Crippen LogP contribution in [-0.2, 0) is 0 Å². The second-order valence-electron chi connectivity index (χ2n) is 12.8. The molecule has 11 rings (SSSR count). The number of aromatic nitrogens is 2. The van der Waals surface area contributed by atoms with Crippen LogP contribution in [-0.4, -0.2) is 15.3 Å². The van der Waals surface area contributed by atoms with Gasteiger partial charge in [0.1, 0.15) is 28.4 Å². The van der Waals surface area contributed by atoms with Gasteiger partial charge in [-0.05, 0) is 60.7 Å². The van der Waals surface area contributed by atoms with Gasteiger partial charge in [0.05, 0.1) is 49.8 Å². The van der Waals surface area contributed by atoms with Crippen molar-refractivity contribution in [3.8, 4) is 17.4 Å². The van der Waals surface area contributed by atoms with E-state index in [1.165, 1.54) is 6.21 Å². The molecule has 0 unspecified atom stereocenters. The van der Waals surface area contributed by atoms with E-state index in [-0.39, 0.29) is 0 Å². The first-order valence-corrected chi connectivity index (χ1v) is 16.5. The standard InChI is InChI=1S/C44H24N4O2/c45-23-25-21-26(24-46)38(48-34-14-6-2-12-32(34)42-36(48)20-18-30-28-10-4-8-16-40(28)50-44(30)42)22-37(25)47-33-13-5-1-11-31(33)41-35(47)19-17-29-27-9-3-7-15-39(27)49-43(29)41/h1-23,45H. The van der Waals surface area contributed by atoms with Crippen molar-refractivity contribution in [2.75, 3.05) is 0 Å². The second kappa shape index (κ2) is 9.72. The van der Waals surface area contributed by atoms with E-state index in [4.69, 9.17) is 14.2 Å². The average Bonchev–Trinajstić information content (AvgIpc) is 3.91. The molecule has 0 aliphatic carbocycles. The molecule has 0 saturated carbocycles. The highest BCUT2D eigenvalue weighted by Crippen LogP contribution is 2.44. The number of nitrogens with one attached hydrogen (secondary N) is 1. The Morgan fingerprint density at radius 3 is 1.50 bits per heavy atom. The summed E-state index contributed by atoms with van der Waals surface area (Å²) >= 11 is 0. The molecule has 11 aromatic rings. The van der Waals surface area contributed by atoms with E-state index < -0.39 is 0 Å². The molecule has 6 nitrogen and oxygen atoms in total. The Balaban J connectivity index is 1.27. The largest absolute Gasteiger partial charge is 0.455 e. The summed E-state index contributed by atoms with van der Waals surface area (Å²) in [5.41, 5.74) is 9.83. The highest BCUT2D eigenvalue weighted by Gasteiger charge is 2.24. The SMILES string of the molecule is N#Cc1cc(C=N)c(-n2c3ccccc3c3c4oc5ccccc5c4ccc32)cc1-n1c2ccccc2c2c3oc4ccccc4c3ccc21. The maximum Gasteiger partial charge on any atom is 0.145 e. The average molecular weight is 641 g/mol. The van der Waals surface area contributed by atoms with E-state index in [9.17, 15) is 5.26 Å². The van der Waals surface area contributed by atoms with Crippen LogP contribution in [0.4, 0.5) is 0 Å². The number of nitrogens with zero attached hydrogens (tertiary/aromatic N) is 3. The van der Waals surface area contributed by atoms with E-state index in [0.29, 0.717) is 11.1 Å². The fourth-order valence-electron chi connectivity index (χ4n) is 8.17. The van der Waals surface area contributed by atoms with Crippen molar-refractivity contribution in [1.82, 2.24) is 9.13 Å². The smallest absolute Gasteiger partial charge is 0.145 e. The summed E-state index contributed by atoms with van der Waals surface area (Å²) in [7, 11) is 0. The minimum Gasteiger partial charge on any atom is -0.455 e. The van der Waals surface area contributed by atoms with Gasteiger partial charge < -0.3 is 23.4 Å². The zero-order valence-corrected chi connectivity index (χ0v) is 26.4. The monoisotopic (exact) mass is 640 g/mol. The van der Waals surface area contributed by atoms with E-state index in [1.54, 1.807) is 0 Å². The zero-order valence-electron chi connectivity index (χ0n) is 26.4. The van der Waals surface area contributed by atoms with Gasteiger partial charge in [-0.3, -0.25) is 0 Å². The fraction of sp³-hybridized carbons (Fsp3) is 0. The van der Waals surface area contributed by atoms with E-state index >= 15 is 0 Å². The van der Waals surface area contributed by atoms with E-state index in [2.05, 4.69) is 81.9 Å². The first-order valence-electron chi connectivity index (χ1n) is 16.5. The Morgan fingerprint density at radius 1 is 0.500 bits per heavy atom. The highest BCUT2D eigenvalue weighted by molar-refractivity contribution is 6.25. The van der Waals surface area contributed by atoms with Crippen LogP contribution in [0.15, 0.2) is 142 Å². The third-order valence-corrected chi connectivity index (χ3v) is 10.3. The molecule has 50 heavy (non-hydrogen) atoms. The van der Waals surface area contributed by atoms with Gasteiger partial charge in [0.15, 0.2) is 0 Å². The van der Waals surface area contributed by atoms with Gasteiger partial charge in [-0.25, -0.2) is 0 Å². The third-order valence-electron chi connectivity index (χ3n) is 10.3. The maximum atomic E-state index is 10.6. The Hall–Kier alpha value is -7.10. The van der Waals surface area contributed by atoms with Gasteiger partial charge in [0.25, 0.3) is 0 Å². The number of hydrogen-bond donors (Lipinski definition) is 1. The lowest BCUT2D eigenvalue weighted by Crippen LogP contribution is -2.05. The Kier molecular flexibility index (Phi) is 5.23. The van der Waals surface area contributed by atoms with Crippen LogP contribution in [0.5, 0.6) is 0 Å². The number of benzene rings is 7. The predicted molar refractivity (Wildman–Crippen MR) is 202 cm³/mol. The molecular weight excluding hydrogens is 617 g/mol. The second-order valence-corrected chi connectivity index (χ2v) is 12.8. The van der Waals surface area contributed by atoms with Gasteiger partial charge >= 0.3 is 0 Å². The molecular formula is C44H24N4O2. The minimum absolute atomic E-state index is 0.472. The summed E-state index contributed by atoms with van der Waals surface area (Å²) in [4.78, 5) is 0. The molecule has 1 N–H and O–H groups in total. The Bertz CT molecular complexity index is 3310. The predicted octanol–water partition coefficient (Wildman–Crippen LogP) is 11.5. The number of furan rings is 2. The summed E-state index contributed by atoms with van der Waals surface area (Å²) in [6.45, 7) is 0. The van der Waals surface area contributed by atoms with Crippen molar-refractivity contribution in [3.05, 3.63) is 145 Å². The van der Waals surface area contributed by atoms with Crippen molar-refractivity contribution < 1.29 is 8.83 Å². The number of hydrogen-bond acceptors (Lipinski definition) is 4. The number of fused-ring (bicyclic) bond motifs is 14. The quantitative estimate of drug-likeness (QED) is 0.195. The van der Waals surface area contributed by atoms with Gasteiger partial charge in [-0.1, -0.05) is 72.8 Å². The molecule has 0 atom stereocenters. The molecule has 4 heterocycles. The van der Waals surface area contributed by atoms with Crippen LogP contribution in [0.2, 0.25) is 0 Å². The summed E-state index contributed by atoms with van der Waals surface area (Å²) in [6, 6.07) is 47.7. The topological polar surface area (TPSA) is 83.8 Å². The molecule has 4 aromatic heterocycles. The van der Waals surface area contributed by atoms with Crippen LogP contribution in [0.25, 0.3) is 98.9 Å². The van der Waals surface area contributed by atoms with E-state index in [1.807, 2.05) is 66.7 Å². The Labute approximate surface area is 283 Å². The van der Waals surface area contributed by atoms with Crippen molar-refractivity contribution in [1.29, 1.82) is 10.7 Å². The third kappa shape index (κ3) is 3.37. The van der Waals surface area contributed by atoms with Crippen LogP contribution >= 0.6 is 0 Å². The first-order chi connectivity index (χ1) is 24.7. The molecule has 6 heteroatoms. The molecule has 0 amide bonds. The molecule has 0 radical (unpaired) electrons. The molecule has 232 valence electrons. The number of rotatable bonds is 3. The van der Waals surface area contributed by atoms with Crippen molar-refractivity contribution in [3.63, 3.8) is 0 Å². The lowest BCUT2D eigenvalue weighted by atomic mass is 10.1. The summed E-state index contributed by atoms with van der Waals surface area (Å²) in [5.74, 6) is 0. The zero-order chi connectivity index (χ0) is 33.1. The maximum absolute atomic E-state index is 10.6. The van der Waals surface area contributed by atoms with Crippen molar-refractivity contribution >= 4 is 93.7 Å². The summed E-state index contributed by atoms with van der Waals surface area (Å²) in [5, 5.41) is 27.5. The number of para-hydroxylation sites is 4. The first kappa shape index (κ1) is 26.9. The molecule has 0 fully saturated rings. The minimum atomic E-state index is 0.472. The summed E-state index contributed by atoms with van der Waals surface area (Å²) < 4.78 is 17.4. The lowest BCUT2D eigenvalue weighted by molar-refractivity contribution is 0.672. The van der Waals surface area contributed by atoms with Gasteiger partial charge in [0, 0.05) is 44.1 Å². The molecule has 0 aliphatic heterocycles. The molecule has 0 aliphatic rings. The molecule has 0 spiro atoms. The van der Waals surface area contributed by atoms with Crippen LogP contribution in [0.1, 0.15) is 11.1 Å². The number of nitriles is 1. The van der Waals surface area contributed by atoms with Gasteiger partial charge in [0.2, 0.25) is 0 Å². The molecule has 7 aromatic carbocycles. The summed E-state index contributed by atoms with van der Waals surface area (Å²) in [6.07, 6.45) is 1.34.